The zero-order valence-corrected chi connectivity index (χ0v) is 12.9. The first-order valence-electron chi connectivity index (χ1n) is 6.92. The normalized spacial score (nSPS) is 13.0. The highest BCUT2D eigenvalue weighted by Crippen LogP contribution is 2.21. The van der Waals surface area contributed by atoms with E-state index in [4.69, 9.17) is 5.11 Å². The Morgan fingerprint density at radius 2 is 2.04 bits per heavy atom. The van der Waals surface area contributed by atoms with E-state index in [2.05, 4.69) is 5.10 Å². The van der Waals surface area contributed by atoms with Crippen LogP contribution in [0.25, 0.3) is 5.69 Å². The molecule has 24 heavy (non-hydrogen) atoms. The van der Waals surface area contributed by atoms with E-state index in [0.29, 0.717) is 11.4 Å². The predicted octanol–water partition coefficient (Wildman–Crippen LogP) is 2.32. The maximum Gasteiger partial charge on any atom is 0.416 e. The second-order valence-corrected chi connectivity index (χ2v) is 5.31. The Morgan fingerprint density at radius 1 is 1.38 bits per heavy atom. The van der Waals surface area contributed by atoms with Gasteiger partial charge < -0.3 is 10.0 Å². The summed E-state index contributed by atoms with van der Waals surface area (Å²) in [6.07, 6.45) is -7.45. The van der Waals surface area contributed by atoms with E-state index in [-0.39, 0.29) is 5.69 Å². The molecule has 0 aliphatic carbocycles. The van der Waals surface area contributed by atoms with Crippen molar-refractivity contribution in [3.05, 3.63) is 47.5 Å². The van der Waals surface area contributed by atoms with Crippen LogP contribution in [-0.2, 0) is 0 Å². The lowest BCUT2D eigenvalue weighted by atomic mass is 10.3. The van der Waals surface area contributed by atoms with E-state index in [0.717, 1.165) is 11.9 Å². The molecule has 0 saturated heterocycles. The van der Waals surface area contributed by atoms with Gasteiger partial charge in [-0.05, 0) is 31.2 Å². The number of hydrogen-bond donors (Lipinski definition) is 1. The molecule has 9 heteroatoms. The Labute approximate surface area is 135 Å². The third kappa shape index (κ3) is 3.91. The minimum atomic E-state index is -4.81. The number of nitrogens with zero attached hydrogens (tertiary/aromatic N) is 3. The Hall–Kier alpha value is -2.42. The van der Waals surface area contributed by atoms with Crippen LogP contribution in [0.3, 0.4) is 0 Å². The van der Waals surface area contributed by atoms with Crippen LogP contribution in [0, 0.1) is 12.7 Å². The minimum absolute atomic E-state index is 0.103. The number of aryl methyl sites for hydroxylation is 1. The van der Waals surface area contributed by atoms with Gasteiger partial charge in [0.1, 0.15) is 5.82 Å². The monoisotopic (exact) mass is 345 g/mol. The summed E-state index contributed by atoms with van der Waals surface area (Å²) in [5.74, 6) is -1.27. The summed E-state index contributed by atoms with van der Waals surface area (Å²) in [4.78, 5) is 12.9. The van der Waals surface area contributed by atoms with E-state index in [1.54, 1.807) is 13.0 Å². The maximum atomic E-state index is 13.3. The quantitative estimate of drug-likeness (QED) is 0.865. The molecule has 1 aromatic carbocycles. The second kappa shape index (κ2) is 6.60. The zero-order chi connectivity index (χ0) is 18.1. The molecule has 2 rings (SSSR count). The Kier molecular flexibility index (Phi) is 4.93. The molecule has 1 atom stereocenters. The van der Waals surface area contributed by atoms with Crippen molar-refractivity contribution in [2.24, 2.45) is 0 Å². The van der Waals surface area contributed by atoms with Crippen molar-refractivity contribution >= 4 is 5.91 Å². The van der Waals surface area contributed by atoms with Crippen molar-refractivity contribution in [1.29, 1.82) is 0 Å². The average molecular weight is 345 g/mol. The number of amides is 1. The molecule has 1 N–H and O–H groups in total. The molecule has 1 heterocycles. The van der Waals surface area contributed by atoms with Gasteiger partial charge in [-0.1, -0.05) is 6.07 Å². The SMILES string of the molecule is Cc1cc(C(=O)N(C)CC(O)C(F)(F)F)nn1-c1cccc(F)c1. The zero-order valence-electron chi connectivity index (χ0n) is 12.9. The first-order chi connectivity index (χ1) is 11.1. The summed E-state index contributed by atoms with van der Waals surface area (Å²) in [5.41, 5.74) is 0.784. The fraction of sp³-hybridized carbons (Fsp3) is 0.333. The molecule has 0 bridgehead atoms. The van der Waals surface area contributed by atoms with Crippen LogP contribution in [-0.4, -0.2) is 51.6 Å². The molecule has 0 saturated carbocycles. The van der Waals surface area contributed by atoms with Gasteiger partial charge >= 0.3 is 6.18 Å². The molecule has 1 unspecified atom stereocenters. The molecular weight excluding hydrogens is 330 g/mol. The van der Waals surface area contributed by atoms with Gasteiger partial charge in [-0.2, -0.15) is 18.3 Å². The summed E-state index contributed by atoms with van der Waals surface area (Å²) in [7, 11) is 1.13. The molecule has 0 spiro atoms. The highest BCUT2D eigenvalue weighted by atomic mass is 19.4. The number of rotatable bonds is 4. The van der Waals surface area contributed by atoms with Gasteiger partial charge in [0.25, 0.3) is 5.91 Å². The fourth-order valence-corrected chi connectivity index (χ4v) is 2.09. The number of aliphatic hydroxyl groups is 1. The van der Waals surface area contributed by atoms with E-state index >= 15 is 0 Å². The van der Waals surface area contributed by atoms with Gasteiger partial charge in [0, 0.05) is 12.7 Å². The summed E-state index contributed by atoms with van der Waals surface area (Å²) in [6.45, 7) is 0.716. The highest BCUT2D eigenvalue weighted by Gasteiger charge is 2.39. The molecule has 0 fully saturated rings. The van der Waals surface area contributed by atoms with Crippen molar-refractivity contribution in [1.82, 2.24) is 14.7 Å². The maximum absolute atomic E-state index is 13.3. The van der Waals surface area contributed by atoms with E-state index in [1.807, 2.05) is 0 Å². The lowest BCUT2D eigenvalue weighted by molar-refractivity contribution is -0.205. The lowest BCUT2D eigenvalue weighted by Gasteiger charge is -2.21. The van der Waals surface area contributed by atoms with Crippen molar-refractivity contribution in [2.45, 2.75) is 19.2 Å². The van der Waals surface area contributed by atoms with Gasteiger partial charge in [-0.3, -0.25) is 4.79 Å². The first kappa shape index (κ1) is 17.9. The standard InChI is InChI=1S/C15H15F4N3O2/c1-9-6-12(14(24)21(2)8-13(23)15(17,18)19)20-22(9)11-5-3-4-10(16)7-11/h3-7,13,23H,8H2,1-2H3. The van der Waals surface area contributed by atoms with Gasteiger partial charge in [0.2, 0.25) is 0 Å². The number of carbonyl (C=O) groups is 1. The topological polar surface area (TPSA) is 58.4 Å². The summed E-state index contributed by atoms with van der Waals surface area (Å²) in [5, 5.41) is 13.0. The van der Waals surface area contributed by atoms with Crippen LogP contribution in [0.15, 0.2) is 30.3 Å². The number of alkyl halides is 3. The Morgan fingerprint density at radius 3 is 2.62 bits per heavy atom. The van der Waals surface area contributed by atoms with Gasteiger partial charge in [0.05, 0.1) is 12.2 Å². The molecule has 0 radical (unpaired) electrons. The summed E-state index contributed by atoms with van der Waals surface area (Å²) >= 11 is 0. The van der Waals surface area contributed by atoms with Crippen molar-refractivity contribution in [3.8, 4) is 5.69 Å². The van der Waals surface area contributed by atoms with Crippen LogP contribution in [0.4, 0.5) is 17.6 Å². The molecule has 0 aliphatic heterocycles. The van der Waals surface area contributed by atoms with Crippen LogP contribution in [0.1, 0.15) is 16.2 Å². The molecule has 5 nitrogen and oxygen atoms in total. The van der Waals surface area contributed by atoms with Crippen molar-refractivity contribution in [3.63, 3.8) is 0 Å². The van der Waals surface area contributed by atoms with E-state index in [1.165, 1.54) is 28.9 Å². The average Bonchev–Trinajstić information content (AvgIpc) is 2.87. The highest BCUT2D eigenvalue weighted by molar-refractivity contribution is 5.92. The fourth-order valence-electron chi connectivity index (χ4n) is 2.09. The van der Waals surface area contributed by atoms with Gasteiger partial charge in [0.15, 0.2) is 11.8 Å². The van der Waals surface area contributed by atoms with Gasteiger partial charge in [-0.25, -0.2) is 9.07 Å². The number of hydrogen-bond acceptors (Lipinski definition) is 3. The van der Waals surface area contributed by atoms with E-state index < -0.39 is 30.5 Å². The second-order valence-electron chi connectivity index (χ2n) is 5.31. The number of aromatic nitrogens is 2. The minimum Gasteiger partial charge on any atom is -0.382 e. The smallest absolute Gasteiger partial charge is 0.382 e. The number of likely N-dealkylation sites (N-methyl/N-ethyl adjacent to an activating group) is 1. The third-order valence-electron chi connectivity index (χ3n) is 3.33. The van der Waals surface area contributed by atoms with Crippen LogP contribution >= 0.6 is 0 Å². The lowest BCUT2D eigenvalue weighted by Crippen LogP contribution is -2.41. The van der Waals surface area contributed by atoms with Crippen LogP contribution in [0.2, 0.25) is 0 Å². The molecule has 1 amide bonds. The summed E-state index contributed by atoms with van der Waals surface area (Å²) in [6, 6.07) is 6.89. The largest absolute Gasteiger partial charge is 0.416 e. The van der Waals surface area contributed by atoms with E-state index in [9.17, 15) is 22.4 Å². The van der Waals surface area contributed by atoms with Crippen molar-refractivity contribution in [2.75, 3.05) is 13.6 Å². The van der Waals surface area contributed by atoms with Crippen molar-refractivity contribution < 1.29 is 27.5 Å². The Bertz CT molecular complexity index is 743. The predicted molar refractivity (Wildman–Crippen MR) is 77.3 cm³/mol. The number of halogens is 4. The molecule has 1 aromatic heterocycles. The Balaban J connectivity index is 2.21. The van der Waals surface area contributed by atoms with Gasteiger partial charge in [-0.15, -0.1) is 0 Å². The molecular formula is C15H15F4N3O2. The molecule has 2 aromatic rings. The first-order valence-corrected chi connectivity index (χ1v) is 6.92. The summed E-state index contributed by atoms with van der Waals surface area (Å²) < 4.78 is 51.7. The molecule has 130 valence electrons. The third-order valence-corrected chi connectivity index (χ3v) is 3.33. The van der Waals surface area contributed by atoms with Crippen LogP contribution in [0.5, 0.6) is 0 Å². The number of benzene rings is 1. The number of aliphatic hydroxyl groups excluding tert-OH is 1. The van der Waals surface area contributed by atoms with Crippen LogP contribution < -0.4 is 0 Å². The molecule has 0 aliphatic rings. The number of carbonyl (C=O) groups excluding carboxylic acids is 1.